The maximum Gasteiger partial charge on any atom is 0.0622 e. The van der Waals surface area contributed by atoms with Gasteiger partial charge in [-0.3, -0.25) is 0 Å². The van der Waals surface area contributed by atoms with Crippen molar-refractivity contribution in [3.8, 4) is 6.07 Å². The molecule has 0 aromatic carbocycles. The Balaban J connectivity index is 1.90. The van der Waals surface area contributed by atoms with Gasteiger partial charge in [-0.1, -0.05) is 0 Å². The molecule has 1 aliphatic rings. The number of piperidine rings is 1. The molecular formula is C10H18N2O. The fraction of sp³-hybridized carbons (Fsp3) is 0.900. The minimum atomic E-state index is 0.614. The third-order valence-electron chi connectivity index (χ3n) is 2.33. The Kier molecular flexibility index (Phi) is 5.55. The summed E-state index contributed by atoms with van der Waals surface area (Å²) < 4.78 is 5.48. The predicted octanol–water partition coefficient (Wildman–Crippen LogP) is 1.31. The van der Waals surface area contributed by atoms with Crippen LogP contribution in [0.3, 0.4) is 0 Å². The third-order valence-corrected chi connectivity index (χ3v) is 2.33. The normalized spacial score (nSPS) is 22.5. The van der Waals surface area contributed by atoms with Crippen LogP contribution < -0.4 is 5.32 Å². The lowest BCUT2D eigenvalue weighted by molar-refractivity contribution is 0.0888. The number of hydrogen-bond donors (Lipinski definition) is 1. The van der Waals surface area contributed by atoms with E-state index in [1.54, 1.807) is 0 Å². The highest BCUT2D eigenvalue weighted by atomic mass is 16.5. The zero-order valence-corrected chi connectivity index (χ0v) is 8.09. The molecule has 1 saturated heterocycles. The minimum Gasteiger partial charge on any atom is -0.381 e. The molecular weight excluding hydrogens is 164 g/mol. The van der Waals surface area contributed by atoms with Crippen LogP contribution in [0.5, 0.6) is 0 Å². The van der Waals surface area contributed by atoms with Gasteiger partial charge < -0.3 is 10.1 Å². The van der Waals surface area contributed by atoms with E-state index in [1.807, 2.05) is 0 Å². The molecule has 1 rings (SSSR count). The van der Waals surface area contributed by atoms with E-state index in [-0.39, 0.29) is 0 Å². The lowest BCUT2D eigenvalue weighted by Crippen LogP contribution is -2.32. The molecule has 1 N–H and O–H groups in total. The van der Waals surface area contributed by atoms with Crippen molar-refractivity contribution in [1.29, 1.82) is 5.26 Å². The van der Waals surface area contributed by atoms with Crippen LogP contribution in [0, 0.1) is 17.2 Å². The number of rotatable bonds is 5. The molecule has 1 atom stereocenters. The van der Waals surface area contributed by atoms with Gasteiger partial charge in [0.15, 0.2) is 0 Å². The number of nitrogens with zero attached hydrogens (tertiary/aromatic N) is 1. The molecule has 0 bridgehead atoms. The van der Waals surface area contributed by atoms with Gasteiger partial charge in [0, 0.05) is 19.6 Å². The second-order valence-corrected chi connectivity index (χ2v) is 3.55. The molecule has 3 heteroatoms. The first-order chi connectivity index (χ1) is 6.43. The Hall–Kier alpha value is -0.590. The van der Waals surface area contributed by atoms with Crippen LogP contribution in [0.4, 0.5) is 0 Å². The molecule has 1 fully saturated rings. The van der Waals surface area contributed by atoms with E-state index in [9.17, 15) is 0 Å². The van der Waals surface area contributed by atoms with Crippen LogP contribution in [-0.2, 0) is 4.74 Å². The Labute approximate surface area is 80.1 Å². The Morgan fingerprint density at radius 3 is 3.15 bits per heavy atom. The summed E-state index contributed by atoms with van der Waals surface area (Å²) in [7, 11) is 0. The first-order valence-corrected chi connectivity index (χ1v) is 5.09. The number of hydrogen-bond acceptors (Lipinski definition) is 3. The lowest BCUT2D eigenvalue weighted by atomic mass is 10.0. The SMILES string of the molecule is N#CCCCOCC1CCCNC1. The van der Waals surface area contributed by atoms with Crippen molar-refractivity contribution in [2.45, 2.75) is 25.7 Å². The average molecular weight is 182 g/mol. The molecule has 0 amide bonds. The van der Waals surface area contributed by atoms with Gasteiger partial charge in [-0.15, -0.1) is 0 Å². The van der Waals surface area contributed by atoms with Crippen LogP contribution in [0.1, 0.15) is 25.7 Å². The first-order valence-electron chi connectivity index (χ1n) is 5.09. The predicted molar refractivity (Wildman–Crippen MR) is 51.3 cm³/mol. The molecule has 13 heavy (non-hydrogen) atoms. The fourth-order valence-electron chi connectivity index (χ4n) is 1.57. The molecule has 3 nitrogen and oxygen atoms in total. The van der Waals surface area contributed by atoms with Gasteiger partial charge in [0.2, 0.25) is 0 Å². The average Bonchev–Trinajstić information content (AvgIpc) is 2.19. The summed E-state index contributed by atoms with van der Waals surface area (Å²) in [6.07, 6.45) is 4.04. The van der Waals surface area contributed by atoms with Crippen molar-refractivity contribution >= 4 is 0 Å². The topological polar surface area (TPSA) is 45.0 Å². The van der Waals surface area contributed by atoms with Gasteiger partial charge in [-0.05, 0) is 31.7 Å². The van der Waals surface area contributed by atoms with Gasteiger partial charge in [0.1, 0.15) is 0 Å². The van der Waals surface area contributed by atoms with Crippen LogP contribution in [0.2, 0.25) is 0 Å². The van der Waals surface area contributed by atoms with Gasteiger partial charge in [-0.2, -0.15) is 5.26 Å². The third kappa shape index (κ3) is 4.87. The maximum atomic E-state index is 8.30. The summed E-state index contributed by atoms with van der Waals surface area (Å²) in [4.78, 5) is 0. The van der Waals surface area contributed by atoms with E-state index in [0.717, 1.165) is 32.7 Å². The molecule has 74 valence electrons. The van der Waals surface area contributed by atoms with E-state index < -0.39 is 0 Å². The molecule has 0 saturated carbocycles. The highest BCUT2D eigenvalue weighted by Crippen LogP contribution is 2.09. The second-order valence-electron chi connectivity index (χ2n) is 3.55. The summed E-state index contributed by atoms with van der Waals surface area (Å²) in [6.45, 7) is 3.85. The van der Waals surface area contributed by atoms with Crippen LogP contribution in [0.25, 0.3) is 0 Å². The number of ether oxygens (including phenoxy) is 1. The molecule has 1 aliphatic heterocycles. The fourth-order valence-corrected chi connectivity index (χ4v) is 1.57. The standard InChI is InChI=1S/C10H18N2O/c11-5-1-2-7-13-9-10-4-3-6-12-8-10/h10,12H,1-4,6-9H2. The summed E-state index contributed by atoms with van der Waals surface area (Å²) in [6, 6.07) is 2.11. The van der Waals surface area contributed by atoms with Gasteiger partial charge in [0.25, 0.3) is 0 Å². The van der Waals surface area contributed by atoms with Crippen LogP contribution in [0.15, 0.2) is 0 Å². The monoisotopic (exact) mass is 182 g/mol. The molecule has 0 aromatic rings. The highest BCUT2D eigenvalue weighted by molar-refractivity contribution is 4.69. The second kappa shape index (κ2) is 6.88. The summed E-state index contributed by atoms with van der Waals surface area (Å²) >= 11 is 0. The quantitative estimate of drug-likeness (QED) is 0.652. The molecule has 0 aromatic heterocycles. The zero-order valence-electron chi connectivity index (χ0n) is 8.09. The zero-order chi connectivity index (χ0) is 9.36. The highest BCUT2D eigenvalue weighted by Gasteiger charge is 2.12. The smallest absolute Gasteiger partial charge is 0.0622 e. The largest absolute Gasteiger partial charge is 0.381 e. The number of nitrogens with one attached hydrogen (secondary N) is 1. The first kappa shape index (κ1) is 10.5. The number of nitriles is 1. The molecule has 1 heterocycles. The van der Waals surface area contributed by atoms with Crippen molar-refractivity contribution in [3.63, 3.8) is 0 Å². The maximum absolute atomic E-state index is 8.30. The van der Waals surface area contributed by atoms with E-state index in [2.05, 4.69) is 11.4 Å². The minimum absolute atomic E-state index is 0.614. The summed E-state index contributed by atoms with van der Waals surface area (Å²) in [5, 5.41) is 11.7. The van der Waals surface area contributed by atoms with E-state index >= 15 is 0 Å². The molecule has 1 unspecified atom stereocenters. The van der Waals surface area contributed by atoms with Gasteiger partial charge >= 0.3 is 0 Å². The van der Waals surface area contributed by atoms with Crippen molar-refractivity contribution in [2.75, 3.05) is 26.3 Å². The van der Waals surface area contributed by atoms with E-state index in [4.69, 9.17) is 10.00 Å². The van der Waals surface area contributed by atoms with Crippen molar-refractivity contribution < 1.29 is 4.74 Å². The van der Waals surface area contributed by atoms with E-state index in [1.165, 1.54) is 12.8 Å². The Bertz CT molecular complexity index is 159. The summed E-state index contributed by atoms with van der Waals surface area (Å²) in [5.74, 6) is 0.691. The van der Waals surface area contributed by atoms with Gasteiger partial charge in [-0.25, -0.2) is 0 Å². The summed E-state index contributed by atoms with van der Waals surface area (Å²) in [5.41, 5.74) is 0. The lowest BCUT2D eigenvalue weighted by Gasteiger charge is -2.22. The Morgan fingerprint density at radius 1 is 1.54 bits per heavy atom. The van der Waals surface area contributed by atoms with Crippen LogP contribution in [-0.4, -0.2) is 26.3 Å². The van der Waals surface area contributed by atoms with E-state index in [0.29, 0.717) is 12.3 Å². The Morgan fingerprint density at radius 2 is 2.46 bits per heavy atom. The van der Waals surface area contributed by atoms with Crippen molar-refractivity contribution in [1.82, 2.24) is 5.32 Å². The van der Waals surface area contributed by atoms with Gasteiger partial charge in [0.05, 0.1) is 12.7 Å². The van der Waals surface area contributed by atoms with Crippen molar-refractivity contribution in [2.24, 2.45) is 5.92 Å². The van der Waals surface area contributed by atoms with Crippen molar-refractivity contribution in [3.05, 3.63) is 0 Å². The molecule has 0 spiro atoms. The molecule has 0 aliphatic carbocycles. The number of unbranched alkanes of at least 4 members (excludes halogenated alkanes) is 1. The van der Waals surface area contributed by atoms with Crippen LogP contribution >= 0.6 is 0 Å². The molecule has 0 radical (unpaired) electrons.